The van der Waals surface area contributed by atoms with Crippen LogP contribution in [0.15, 0.2) is 30.3 Å². The molecule has 1 saturated heterocycles. The molecule has 0 saturated carbocycles. The van der Waals surface area contributed by atoms with E-state index in [0.29, 0.717) is 18.3 Å². The summed E-state index contributed by atoms with van der Waals surface area (Å²) in [7, 11) is 0. The van der Waals surface area contributed by atoms with E-state index in [4.69, 9.17) is 0 Å². The first-order valence-electron chi connectivity index (χ1n) is 6.77. The minimum Gasteiger partial charge on any atom is -0.323 e. The molecule has 5 heteroatoms. The number of hydrogen-bond donors (Lipinski definition) is 1. The molecule has 1 aliphatic heterocycles. The van der Waals surface area contributed by atoms with Crippen LogP contribution in [0.25, 0.3) is 0 Å². The lowest BCUT2D eigenvalue weighted by Crippen LogP contribution is -2.43. The Labute approximate surface area is 127 Å². The Morgan fingerprint density at radius 1 is 1.30 bits per heavy atom. The molecule has 1 aliphatic rings. The van der Waals surface area contributed by atoms with Gasteiger partial charge in [0.1, 0.15) is 5.54 Å². The van der Waals surface area contributed by atoms with Gasteiger partial charge in [-0.15, -0.1) is 0 Å². The highest BCUT2D eigenvalue weighted by Crippen LogP contribution is 2.25. The highest BCUT2D eigenvalue weighted by Gasteiger charge is 2.46. The zero-order valence-electron chi connectivity index (χ0n) is 11.7. The largest absolute Gasteiger partial charge is 0.325 e. The summed E-state index contributed by atoms with van der Waals surface area (Å²) in [5, 5.41) is 3.49. The van der Waals surface area contributed by atoms with Gasteiger partial charge in [-0.05, 0) is 18.9 Å². The van der Waals surface area contributed by atoms with Crippen molar-refractivity contribution in [3.8, 4) is 0 Å². The number of imide groups is 1. The summed E-state index contributed by atoms with van der Waals surface area (Å²) < 4.78 is 0. The number of urea groups is 1. The van der Waals surface area contributed by atoms with Crippen LogP contribution in [0.3, 0.4) is 0 Å². The van der Waals surface area contributed by atoms with Crippen LogP contribution in [-0.2, 0) is 4.79 Å². The number of carbonyl (C=O) groups excluding carboxylic acids is 2. The fraction of sp³-hybridized carbons (Fsp3) is 0.467. The summed E-state index contributed by atoms with van der Waals surface area (Å²) in [6.07, 6.45) is 0.596. The topological polar surface area (TPSA) is 49.4 Å². The standard InChI is InChI=1S/C15H19BrN2O2/c1-3-15(2)13(19)18(14(20)17-15)10-12(9-16)11-7-5-4-6-8-11/h4-8,12H,3,9-10H2,1-2H3,(H,17,20). The van der Waals surface area contributed by atoms with Gasteiger partial charge in [-0.25, -0.2) is 4.79 Å². The first kappa shape index (κ1) is 15.0. The number of rotatable bonds is 5. The van der Waals surface area contributed by atoms with Gasteiger partial charge in [0.2, 0.25) is 0 Å². The van der Waals surface area contributed by atoms with Crippen molar-refractivity contribution in [2.75, 3.05) is 11.9 Å². The van der Waals surface area contributed by atoms with E-state index in [9.17, 15) is 9.59 Å². The van der Waals surface area contributed by atoms with Crippen LogP contribution in [0.5, 0.6) is 0 Å². The SMILES string of the molecule is CCC1(C)NC(=O)N(CC(CBr)c2ccccc2)C1=O. The molecule has 3 amide bonds. The molecule has 108 valence electrons. The molecular formula is C15H19BrN2O2. The third-order valence-electron chi connectivity index (χ3n) is 3.91. The van der Waals surface area contributed by atoms with E-state index in [1.54, 1.807) is 6.92 Å². The maximum atomic E-state index is 12.4. The van der Waals surface area contributed by atoms with E-state index in [0.717, 1.165) is 5.56 Å². The second-order valence-corrected chi connectivity index (χ2v) is 5.94. The number of nitrogens with one attached hydrogen (secondary N) is 1. The average molecular weight is 339 g/mol. The van der Waals surface area contributed by atoms with Crippen molar-refractivity contribution in [2.24, 2.45) is 0 Å². The van der Waals surface area contributed by atoms with Crippen LogP contribution in [0, 0.1) is 0 Å². The van der Waals surface area contributed by atoms with Crippen LogP contribution in [0.1, 0.15) is 31.7 Å². The third-order valence-corrected chi connectivity index (χ3v) is 4.69. The number of nitrogens with zero attached hydrogens (tertiary/aromatic N) is 1. The van der Waals surface area contributed by atoms with Crippen LogP contribution < -0.4 is 5.32 Å². The van der Waals surface area contributed by atoms with Gasteiger partial charge >= 0.3 is 6.03 Å². The molecule has 1 N–H and O–H groups in total. The quantitative estimate of drug-likeness (QED) is 0.662. The van der Waals surface area contributed by atoms with Crippen molar-refractivity contribution >= 4 is 27.9 Å². The Bertz CT molecular complexity index is 506. The molecule has 0 aromatic heterocycles. The van der Waals surface area contributed by atoms with Crippen molar-refractivity contribution in [2.45, 2.75) is 31.7 Å². The smallest absolute Gasteiger partial charge is 0.323 e. The Kier molecular flexibility index (Phi) is 4.48. The first-order valence-corrected chi connectivity index (χ1v) is 7.89. The number of amides is 3. The van der Waals surface area contributed by atoms with Crippen molar-refractivity contribution in [1.82, 2.24) is 10.2 Å². The normalized spacial score (nSPS) is 23.9. The monoisotopic (exact) mass is 338 g/mol. The van der Waals surface area contributed by atoms with Crippen LogP contribution in [0.2, 0.25) is 0 Å². The van der Waals surface area contributed by atoms with Gasteiger partial charge in [-0.1, -0.05) is 53.2 Å². The van der Waals surface area contributed by atoms with Crippen molar-refractivity contribution < 1.29 is 9.59 Å². The highest BCUT2D eigenvalue weighted by atomic mass is 79.9. The Morgan fingerprint density at radius 2 is 1.95 bits per heavy atom. The van der Waals surface area contributed by atoms with Gasteiger partial charge in [0.25, 0.3) is 5.91 Å². The van der Waals surface area contributed by atoms with Crippen LogP contribution in [0.4, 0.5) is 4.79 Å². The third kappa shape index (κ3) is 2.73. The van der Waals surface area contributed by atoms with Gasteiger partial charge in [0, 0.05) is 17.8 Å². The number of carbonyl (C=O) groups is 2. The Balaban J connectivity index is 2.17. The van der Waals surface area contributed by atoms with E-state index in [2.05, 4.69) is 21.2 Å². The zero-order valence-corrected chi connectivity index (χ0v) is 13.3. The lowest BCUT2D eigenvalue weighted by molar-refractivity contribution is -0.131. The summed E-state index contributed by atoms with van der Waals surface area (Å²) in [5.74, 6) is -0.0306. The summed E-state index contributed by atoms with van der Waals surface area (Å²) in [5.41, 5.74) is 0.361. The zero-order chi connectivity index (χ0) is 14.8. The van der Waals surface area contributed by atoms with Crippen molar-refractivity contribution in [3.63, 3.8) is 0 Å². The number of benzene rings is 1. The predicted octanol–water partition coefficient (Wildman–Crippen LogP) is 2.89. The number of hydrogen-bond acceptors (Lipinski definition) is 2. The maximum absolute atomic E-state index is 12.4. The fourth-order valence-electron chi connectivity index (χ4n) is 2.34. The Hall–Kier alpha value is -1.36. The average Bonchev–Trinajstić information content (AvgIpc) is 2.69. The summed E-state index contributed by atoms with van der Waals surface area (Å²) in [6, 6.07) is 9.63. The molecule has 1 heterocycles. The van der Waals surface area contributed by atoms with Gasteiger partial charge in [0.05, 0.1) is 0 Å². The molecule has 4 nitrogen and oxygen atoms in total. The number of halogens is 1. The summed E-state index contributed by atoms with van der Waals surface area (Å²) >= 11 is 3.48. The van der Waals surface area contributed by atoms with Gasteiger partial charge < -0.3 is 5.32 Å². The van der Waals surface area contributed by atoms with Crippen LogP contribution in [-0.4, -0.2) is 34.3 Å². The predicted molar refractivity (Wildman–Crippen MR) is 81.9 cm³/mol. The van der Waals surface area contributed by atoms with E-state index >= 15 is 0 Å². The van der Waals surface area contributed by atoms with Crippen molar-refractivity contribution in [1.29, 1.82) is 0 Å². The molecule has 2 atom stereocenters. The second-order valence-electron chi connectivity index (χ2n) is 5.29. The molecule has 0 bridgehead atoms. The molecule has 2 unspecified atom stereocenters. The van der Waals surface area contributed by atoms with Gasteiger partial charge in [0.15, 0.2) is 0 Å². The lowest BCUT2D eigenvalue weighted by Gasteiger charge is -2.22. The molecular weight excluding hydrogens is 320 g/mol. The molecule has 2 rings (SSSR count). The summed E-state index contributed by atoms with van der Waals surface area (Å²) in [6.45, 7) is 4.08. The van der Waals surface area contributed by atoms with Crippen molar-refractivity contribution in [3.05, 3.63) is 35.9 Å². The fourth-order valence-corrected chi connectivity index (χ4v) is 2.92. The van der Waals surface area contributed by atoms with E-state index in [-0.39, 0.29) is 17.9 Å². The molecule has 1 fully saturated rings. The Morgan fingerprint density at radius 3 is 2.45 bits per heavy atom. The summed E-state index contributed by atoms with van der Waals surface area (Å²) in [4.78, 5) is 25.7. The van der Waals surface area contributed by atoms with E-state index < -0.39 is 5.54 Å². The minimum absolute atomic E-state index is 0.102. The molecule has 0 spiro atoms. The van der Waals surface area contributed by atoms with Crippen LogP contribution >= 0.6 is 15.9 Å². The molecule has 1 aromatic carbocycles. The van der Waals surface area contributed by atoms with E-state index in [1.807, 2.05) is 37.3 Å². The lowest BCUT2D eigenvalue weighted by atomic mass is 9.97. The molecule has 0 aliphatic carbocycles. The van der Waals surface area contributed by atoms with Gasteiger partial charge in [-0.3, -0.25) is 9.69 Å². The molecule has 1 aromatic rings. The second kappa shape index (κ2) is 5.95. The molecule has 0 radical (unpaired) electrons. The van der Waals surface area contributed by atoms with E-state index in [1.165, 1.54) is 4.90 Å². The maximum Gasteiger partial charge on any atom is 0.325 e. The first-order chi connectivity index (χ1) is 9.51. The van der Waals surface area contributed by atoms with Gasteiger partial charge in [-0.2, -0.15) is 0 Å². The molecule has 20 heavy (non-hydrogen) atoms. The highest BCUT2D eigenvalue weighted by molar-refractivity contribution is 9.09. The minimum atomic E-state index is -0.759. The number of alkyl halides is 1.